The first-order chi connectivity index (χ1) is 3.95. The Kier molecular flexibility index (Phi) is 1.02. The largest absolute Gasteiger partial charge is 0.311 e. The molecule has 3 saturated heterocycles. The van der Waals surface area contributed by atoms with Crippen LogP contribution in [0.1, 0.15) is 12.8 Å². The fourth-order valence-corrected chi connectivity index (χ4v) is 1.57. The van der Waals surface area contributed by atoms with Crippen molar-refractivity contribution in [3.8, 4) is 0 Å². The highest BCUT2D eigenvalue weighted by molar-refractivity contribution is 4.89. The van der Waals surface area contributed by atoms with Crippen molar-refractivity contribution in [1.29, 1.82) is 0 Å². The highest BCUT2D eigenvalue weighted by Gasteiger charge is 2.25. The fraction of sp³-hybridized carbons (Fsp3) is 1.00. The molecule has 2 atom stereocenters. The Morgan fingerprint density at radius 1 is 0.875 bits per heavy atom. The van der Waals surface area contributed by atoms with E-state index in [9.17, 15) is 0 Å². The van der Waals surface area contributed by atoms with E-state index in [4.69, 9.17) is 0 Å². The molecule has 0 aromatic heterocycles. The second-order valence-electron chi connectivity index (χ2n) is 2.79. The zero-order chi connectivity index (χ0) is 5.40. The summed E-state index contributed by atoms with van der Waals surface area (Å²) in [6.45, 7) is 2.40. The van der Waals surface area contributed by atoms with Gasteiger partial charge < -0.3 is 10.6 Å². The van der Waals surface area contributed by atoms with Gasteiger partial charge in [0.25, 0.3) is 0 Å². The van der Waals surface area contributed by atoms with Crippen LogP contribution in [0.25, 0.3) is 0 Å². The number of nitrogens with one attached hydrogen (secondary N) is 2. The van der Waals surface area contributed by atoms with Gasteiger partial charge in [-0.25, -0.2) is 0 Å². The molecule has 0 aliphatic carbocycles. The minimum atomic E-state index is 0.792. The molecule has 8 heavy (non-hydrogen) atoms. The highest BCUT2D eigenvalue weighted by atomic mass is 15.1. The van der Waals surface area contributed by atoms with Crippen LogP contribution in [0.3, 0.4) is 0 Å². The third-order valence-electron chi connectivity index (χ3n) is 2.17. The molecule has 3 aliphatic rings. The molecule has 3 aliphatic heterocycles. The Morgan fingerprint density at radius 3 is 1.50 bits per heavy atom. The summed E-state index contributed by atoms with van der Waals surface area (Å²) in [5.41, 5.74) is 0. The van der Waals surface area contributed by atoms with E-state index in [1.807, 2.05) is 0 Å². The lowest BCUT2D eigenvalue weighted by Crippen LogP contribution is -2.58. The first-order valence-electron chi connectivity index (χ1n) is 3.42. The summed E-state index contributed by atoms with van der Waals surface area (Å²) in [4.78, 5) is 0. The number of rotatable bonds is 0. The minimum absolute atomic E-state index is 0.792. The zero-order valence-corrected chi connectivity index (χ0v) is 4.98. The number of fused-ring (bicyclic) bond motifs is 3. The molecule has 3 heterocycles. The van der Waals surface area contributed by atoms with Crippen molar-refractivity contribution in [3.63, 3.8) is 0 Å². The molecule has 2 heteroatoms. The highest BCUT2D eigenvalue weighted by Crippen LogP contribution is 2.12. The van der Waals surface area contributed by atoms with Crippen molar-refractivity contribution in [1.82, 2.24) is 10.6 Å². The van der Waals surface area contributed by atoms with Gasteiger partial charge in [-0.3, -0.25) is 0 Å². The van der Waals surface area contributed by atoms with E-state index in [2.05, 4.69) is 10.6 Å². The van der Waals surface area contributed by atoms with Gasteiger partial charge in [0, 0.05) is 25.2 Å². The first kappa shape index (κ1) is 4.77. The number of piperidine rings is 2. The second-order valence-corrected chi connectivity index (χ2v) is 2.79. The Bertz CT molecular complexity index is 61.5. The van der Waals surface area contributed by atoms with Gasteiger partial charge in [0.1, 0.15) is 0 Å². The van der Waals surface area contributed by atoms with Crippen LogP contribution < -0.4 is 10.6 Å². The zero-order valence-electron chi connectivity index (χ0n) is 4.98. The average molecular weight is 112 g/mol. The number of hydrogen-bond acceptors (Lipinski definition) is 2. The molecule has 3 fully saturated rings. The summed E-state index contributed by atoms with van der Waals surface area (Å²) in [7, 11) is 0. The molecule has 2 nitrogen and oxygen atoms in total. The van der Waals surface area contributed by atoms with Gasteiger partial charge in [0.2, 0.25) is 0 Å². The summed E-state index contributed by atoms with van der Waals surface area (Å²) in [5.74, 6) is 0. The van der Waals surface area contributed by atoms with E-state index < -0.39 is 0 Å². The minimum Gasteiger partial charge on any atom is -0.311 e. The van der Waals surface area contributed by atoms with Crippen LogP contribution in [0, 0.1) is 0 Å². The lowest BCUT2D eigenvalue weighted by molar-refractivity contribution is 0.251. The number of piperazine rings is 1. The lowest BCUT2D eigenvalue weighted by Gasteiger charge is -2.37. The molecule has 2 N–H and O–H groups in total. The standard InChI is InChI=1S/C6H12N2/c1-2-6-4-7-5(1)3-8-6/h5-8H,1-4H2/t5-,6?/m1/s1. The van der Waals surface area contributed by atoms with Crippen LogP contribution in [0.4, 0.5) is 0 Å². The first-order valence-corrected chi connectivity index (χ1v) is 3.42. The summed E-state index contributed by atoms with van der Waals surface area (Å²) >= 11 is 0. The normalized spacial score (nSPS) is 45.0. The van der Waals surface area contributed by atoms with E-state index in [1.165, 1.54) is 25.9 Å². The summed E-state index contributed by atoms with van der Waals surface area (Å²) in [6, 6.07) is 1.58. The summed E-state index contributed by atoms with van der Waals surface area (Å²) in [5, 5.41) is 6.91. The topological polar surface area (TPSA) is 24.1 Å². The molecule has 1 unspecified atom stereocenters. The van der Waals surface area contributed by atoms with Crippen molar-refractivity contribution in [3.05, 3.63) is 0 Å². The van der Waals surface area contributed by atoms with E-state index in [-0.39, 0.29) is 0 Å². The van der Waals surface area contributed by atoms with Crippen LogP contribution >= 0.6 is 0 Å². The molecule has 0 radical (unpaired) electrons. The van der Waals surface area contributed by atoms with Crippen LogP contribution in [0.2, 0.25) is 0 Å². The maximum atomic E-state index is 3.46. The SMILES string of the molecule is C1C[C@@H]2CNC1CN2. The van der Waals surface area contributed by atoms with Crippen molar-refractivity contribution in [2.45, 2.75) is 24.9 Å². The van der Waals surface area contributed by atoms with Crippen molar-refractivity contribution in [2.75, 3.05) is 13.1 Å². The maximum Gasteiger partial charge on any atom is 0.0193 e. The van der Waals surface area contributed by atoms with Crippen molar-refractivity contribution >= 4 is 0 Å². The van der Waals surface area contributed by atoms with Gasteiger partial charge in [-0.2, -0.15) is 0 Å². The maximum absolute atomic E-state index is 3.46. The van der Waals surface area contributed by atoms with Crippen LogP contribution in [0.15, 0.2) is 0 Å². The smallest absolute Gasteiger partial charge is 0.0193 e. The van der Waals surface area contributed by atoms with Gasteiger partial charge in [0.15, 0.2) is 0 Å². The van der Waals surface area contributed by atoms with E-state index >= 15 is 0 Å². The Hall–Kier alpha value is -0.0800. The van der Waals surface area contributed by atoms with Gasteiger partial charge in [-0.15, -0.1) is 0 Å². The Balaban J connectivity index is 2.03. The monoisotopic (exact) mass is 112 g/mol. The second kappa shape index (κ2) is 1.71. The quantitative estimate of drug-likeness (QED) is 0.450. The molecule has 46 valence electrons. The summed E-state index contributed by atoms with van der Waals surface area (Å²) in [6.07, 6.45) is 2.77. The molecular weight excluding hydrogens is 100 g/mol. The van der Waals surface area contributed by atoms with E-state index in [0.29, 0.717) is 0 Å². The van der Waals surface area contributed by atoms with Gasteiger partial charge in [-0.05, 0) is 12.8 Å². The third-order valence-corrected chi connectivity index (χ3v) is 2.17. The van der Waals surface area contributed by atoms with Crippen molar-refractivity contribution < 1.29 is 0 Å². The Morgan fingerprint density at radius 2 is 1.38 bits per heavy atom. The molecule has 0 spiro atoms. The molecule has 2 bridgehead atoms. The molecule has 3 rings (SSSR count). The summed E-state index contributed by atoms with van der Waals surface area (Å²) < 4.78 is 0. The average Bonchev–Trinajstić information content (AvgIpc) is 1.92. The van der Waals surface area contributed by atoms with Crippen LogP contribution in [-0.2, 0) is 0 Å². The van der Waals surface area contributed by atoms with E-state index in [1.54, 1.807) is 0 Å². The van der Waals surface area contributed by atoms with E-state index in [0.717, 1.165) is 12.1 Å². The van der Waals surface area contributed by atoms with Crippen LogP contribution in [0.5, 0.6) is 0 Å². The van der Waals surface area contributed by atoms with Crippen LogP contribution in [-0.4, -0.2) is 25.2 Å². The number of hydrogen-bond donors (Lipinski definition) is 2. The van der Waals surface area contributed by atoms with Gasteiger partial charge >= 0.3 is 0 Å². The lowest BCUT2D eigenvalue weighted by atomic mass is 9.96. The molecule has 0 saturated carbocycles. The Labute approximate surface area is 49.7 Å². The third kappa shape index (κ3) is 0.644. The van der Waals surface area contributed by atoms with Gasteiger partial charge in [0.05, 0.1) is 0 Å². The molecule has 0 aromatic carbocycles. The molecular formula is C6H12N2. The molecule has 0 amide bonds. The van der Waals surface area contributed by atoms with Gasteiger partial charge in [-0.1, -0.05) is 0 Å². The fourth-order valence-electron chi connectivity index (χ4n) is 1.57. The predicted molar refractivity (Wildman–Crippen MR) is 32.8 cm³/mol. The molecule has 0 aromatic rings. The predicted octanol–water partition coefficient (Wildman–Crippen LogP) is -0.290. The van der Waals surface area contributed by atoms with Crippen molar-refractivity contribution in [2.24, 2.45) is 0 Å².